The number of anilines is 4. The first kappa shape index (κ1) is 27.4. The third kappa shape index (κ3) is 7.68. The van der Waals surface area contributed by atoms with Crippen molar-refractivity contribution in [3.63, 3.8) is 0 Å². The highest BCUT2D eigenvalue weighted by molar-refractivity contribution is 6.34. The molecule has 2 saturated heterocycles. The molecule has 0 radical (unpaired) electrons. The molecule has 0 spiro atoms. The number of carbonyl (C=O) groups is 1. The lowest BCUT2D eigenvalue weighted by atomic mass is 10.2. The number of rotatable bonds is 4. The van der Waals surface area contributed by atoms with Gasteiger partial charge in [-0.05, 0) is 36.4 Å². The molecule has 0 saturated carbocycles. The Morgan fingerprint density at radius 2 is 1.13 bits per heavy atom. The molecule has 0 aliphatic carbocycles. The summed E-state index contributed by atoms with van der Waals surface area (Å²) < 4.78 is 10.7. The molecule has 0 bridgehead atoms. The first-order chi connectivity index (χ1) is 18.4. The molecule has 204 valence electrons. The van der Waals surface area contributed by atoms with Crippen LogP contribution in [0.1, 0.15) is 0 Å². The van der Waals surface area contributed by atoms with Crippen molar-refractivity contribution in [1.82, 2.24) is 11.0 Å². The monoisotopic (exact) mass is 566 g/mol. The maximum absolute atomic E-state index is 11.8. The molecule has 0 unspecified atom stereocenters. The van der Waals surface area contributed by atoms with E-state index < -0.39 is 6.16 Å². The molecule has 4 rings (SSSR count). The summed E-state index contributed by atoms with van der Waals surface area (Å²) in [4.78, 5) is 25.3. The fourth-order valence-electron chi connectivity index (χ4n) is 3.84. The molecule has 2 aromatic carbocycles. The lowest BCUT2D eigenvalue weighted by molar-refractivity contribution is 0.0180. The molecule has 15 heteroatoms. The minimum absolute atomic E-state index is 0.333. The molecule has 13 nitrogen and oxygen atoms in total. The first-order valence-corrected chi connectivity index (χ1v) is 12.5. The Morgan fingerprint density at radius 1 is 0.737 bits per heavy atom. The molecule has 6 N–H and O–H groups in total. The Balaban J connectivity index is 1.17. The van der Waals surface area contributed by atoms with Gasteiger partial charge in [0.2, 0.25) is 11.9 Å². The Hall–Kier alpha value is -3.65. The molecule has 2 aromatic rings. The molecule has 2 aliphatic rings. The lowest BCUT2D eigenvalue weighted by Gasteiger charge is -2.29. The van der Waals surface area contributed by atoms with Gasteiger partial charge in [0.05, 0.1) is 47.8 Å². The van der Waals surface area contributed by atoms with Crippen LogP contribution in [0, 0.1) is 10.8 Å². The summed E-state index contributed by atoms with van der Waals surface area (Å²) in [6.45, 7) is 5.54. The average Bonchev–Trinajstić information content (AvgIpc) is 2.92. The molecule has 2 heterocycles. The van der Waals surface area contributed by atoms with E-state index in [2.05, 4.69) is 41.1 Å². The summed E-state index contributed by atoms with van der Waals surface area (Å²) in [5.74, 6) is -0.666. The van der Waals surface area contributed by atoms with Crippen LogP contribution in [0.15, 0.2) is 36.4 Å². The molecule has 0 amide bonds. The van der Waals surface area contributed by atoms with Crippen LogP contribution < -0.4 is 31.4 Å². The van der Waals surface area contributed by atoms with Gasteiger partial charge in [-0.3, -0.25) is 10.8 Å². The van der Waals surface area contributed by atoms with Crippen LogP contribution in [-0.4, -0.2) is 70.7 Å². The zero-order valence-electron chi connectivity index (χ0n) is 20.3. The van der Waals surface area contributed by atoms with E-state index in [4.69, 9.17) is 43.5 Å². The number of hydrogen-bond donors (Lipinski definition) is 6. The molecule has 0 aromatic heterocycles. The Labute approximate surface area is 229 Å². The van der Waals surface area contributed by atoms with E-state index in [1.807, 2.05) is 12.1 Å². The number of benzene rings is 2. The van der Waals surface area contributed by atoms with E-state index in [-0.39, 0.29) is 11.9 Å². The Morgan fingerprint density at radius 3 is 1.50 bits per heavy atom. The summed E-state index contributed by atoms with van der Waals surface area (Å²) in [6, 6.07) is 10.5. The number of guanidine groups is 2. The van der Waals surface area contributed by atoms with Crippen LogP contribution in [0.4, 0.5) is 27.5 Å². The second-order valence-electron chi connectivity index (χ2n) is 8.19. The summed E-state index contributed by atoms with van der Waals surface area (Å²) in [5, 5.41) is 22.2. The van der Waals surface area contributed by atoms with Crippen LogP contribution in [0.3, 0.4) is 0 Å². The lowest BCUT2D eigenvalue weighted by Crippen LogP contribution is -2.37. The van der Waals surface area contributed by atoms with Crippen molar-refractivity contribution in [3.05, 3.63) is 46.4 Å². The minimum Gasteiger partial charge on any atom is -0.378 e. The number of ether oxygens (including phenoxy) is 2. The maximum atomic E-state index is 11.8. The Kier molecular flexibility index (Phi) is 9.54. The van der Waals surface area contributed by atoms with Crippen molar-refractivity contribution in [2.75, 3.05) is 73.0 Å². The predicted octanol–water partition coefficient (Wildman–Crippen LogP) is 3.22. The summed E-state index contributed by atoms with van der Waals surface area (Å²) in [6.07, 6.45) is -1.22. The zero-order chi connectivity index (χ0) is 26.9. The smallest absolute Gasteiger partial charge is 0.378 e. The van der Waals surface area contributed by atoms with Crippen LogP contribution in [0.25, 0.3) is 0 Å². The molecular formula is C23H28Cl2N8O5. The quantitative estimate of drug-likeness (QED) is 0.183. The highest BCUT2D eigenvalue weighted by Crippen LogP contribution is 2.30. The van der Waals surface area contributed by atoms with Gasteiger partial charge in [0, 0.05) is 37.6 Å². The number of halogens is 2. The predicted molar refractivity (Wildman–Crippen MR) is 146 cm³/mol. The number of nitrogens with zero attached hydrogens (tertiary/aromatic N) is 2. The molecular weight excluding hydrogens is 539 g/mol. The fraction of sp³-hybridized carbons (Fsp3) is 0.348. The zero-order valence-corrected chi connectivity index (χ0v) is 21.8. The maximum Gasteiger partial charge on any atom is 0.558 e. The largest absolute Gasteiger partial charge is 0.558 e. The van der Waals surface area contributed by atoms with E-state index in [0.29, 0.717) is 47.8 Å². The highest BCUT2D eigenvalue weighted by Gasteiger charge is 2.16. The van der Waals surface area contributed by atoms with Gasteiger partial charge >= 0.3 is 6.16 Å². The van der Waals surface area contributed by atoms with Crippen molar-refractivity contribution in [2.24, 2.45) is 0 Å². The van der Waals surface area contributed by atoms with Crippen LogP contribution in [0.2, 0.25) is 10.0 Å². The van der Waals surface area contributed by atoms with Crippen LogP contribution in [-0.2, 0) is 19.1 Å². The van der Waals surface area contributed by atoms with Gasteiger partial charge in [-0.1, -0.05) is 23.2 Å². The van der Waals surface area contributed by atoms with Gasteiger partial charge in [0.15, 0.2) is 0 Å². The second-order valence-corrected chi connectivity index (χ2v) is 9.00. The number of hydroxylamine groups is 2. The summed E-state index contributed by atoms with van der Waals surface area (Å²) in [5.41, 5.74) is 7.00. The van der Waals surface area contributed by atoms with Crippen molar-refractivity contribution in [2.45, 2.75) is 0 Å². The average molecular weight is 567 g/mol. The van der Waals surface area contributed by atoms with Gasteiger partial charge in [-0.2, -0.15) is 15.8 Å². The normalized spacial score (nSPS) is 15.3. The molecule has 2 aliphatic heterocycles. The van der Waals surface area contributed by atoms with E-state index in [9.17, 15) is 4.79 Å². The summed E-state index contributed by atoms with van der Waals surface area (Å²) >= 11 is 12.8. The third-order valence-corrected chi connectivity index (χ3v) is 6.22. The van der Waals surface area contributed by atoms with E-state index in [1.54, 1.807) is 24.3 Å². The van der Waals surface area contributed by atoms with Crippen molar-refractivity contribution < 1.29 is 23.9 Å². The van der Waals surface area contributed by atoms with Gasteiger partial charge in [0.25, 0.3) is 0 Å². The standard InChI is InChI=1S/C23H28Cl2N8O5/c24-17-13-15(1-3-19(17)32-5-9-35-10-6-32)28-21(26)30-37-23(34)38-31-22(27)29-16-2-4-20(18(25)14-16)33-7-11-36-12-8-33/h1-4,13-14H,5-12H2,(H3,26,28,30)(H3,27,29,31). The number of nitrogens with one attached hydrogen (secondary N) is 6. The molecule has 38 heavy (non-hydrogen) atoms. The molecule has 0 atom stereocenters. The highest BCUT2D eigenvalue weighted by atomic mass is 35.5. The van der Waals surface area contributed by atoms with E-state index >= 15 is 0 Å². The topological polar surface area (TPSA) is 156 Å². The first-order valence-electron chi connectivity index (χ1n) is 11.7. The third-order valence-electron chi connectivity index (χ3n) is 5.61. The van der Waals surface area contributed by atoms with Gasteiger partial charge in [0.1, 0.15) is 0 Å². The van der Waals surface area contributed by atoms with Crippen molar-refractivity contribution in [3.8, 4) is 0 Å². The molecule has 2 fully saturated rings. The minimum atomic E-state index is -1.22. The van der Waals surface area contributed by atoms with Gasteiger partial charge in [-0.25, -0.2) is 0 Å². The Bertz CT molecular complexity index is 1070. The summed E-state index contributed by atoms with van der Waals surface area (Å²) in [7, 11) is 0. The number of morpholine rings is 2. The van der Waals surface area contributed by atoms with Crippen LogP contribution in [0.5, 0.6) is 0 Å². The van der Waals surface area contributed by atoms with Crippen molar-refractivity contribution >= 4 is 64.0 Å². The van der Waals surface area contributed by atoms with E-state index in [0.717, 1.165) is 37.6 Å². The van der Waals surface area contributed by atoms with Gasteiger partial charge in [-0.15, -0.1) is 0 Å². The fourth-order valence-corrected chi connectivity index (χ4v) is 4.44. The SMILES string of the molecule is N=C(NOC(=O)ONC(=N)Nc1ccc(N2CCOCC2)c(Cl)c1)Nc1ccc(N2CCOCC2)c(Cl)c1. The van der Waals surface area contributed by atoms with Gasteiger partial charge < -0.3 is 39.6 Å². The van der Waals surface area contributed by atoms with E-state index in [1.165, 1.54) is 0 Å². The number of hydrogen-bond acceptors (Lipinski definition) is 9. The van der Waals surface area contributed by atoms with Crippen LogP contribution >= 0.6 is 23.2 Å². The number of carbonyl (C=O) groups excluding carboxylic acids is 1. The second kappa shape index (κ2) is 13.2. The van der Waals surface area contributed by atoms with Crippen molar-refractivity contribution in [1.29, 1.82) is 10.8 Å².